The summed E-state index contributed by atoms with van der Waals surface area (Å²) in [5.41, 5.74) is 5.51. The molecule has 0 aromatic carbocycles. The van der Waals surface area contributed by atoms with Crippen LogP contribution in [0, 0.1) is 0 Å². The van der Waals surface area contributed by atoms with Crippen LogP contribution in [0.1, 0.15) is 29.3 Å². The number of aromatic carboxylic acids is 1. The lowest BCUT2D eigenvalue weighted by molar-refractivity contribution is 0.0655. The molecule has 1 aromatic rings. The predicted molar refractivity (Wildman–Crippen MR) is 44.3 cm³/mol. The smallest absolute Gasteiger partial charge is 0.371 e. The number of aliphatic hydroxyl groups excluding tert-OH is 1. The summed E-state index contributed by atoms with van der Waals surface area (Å²) >= 11 is 0. The minimum atomic E-state index is -1.15. The molecule has 72 valence electrons. The summed E-state index contributed by atoms with van der Waals surface area (Å²) in [6.45, 7) is 1.51. The molecule has 1 heterocycles. The van der Waals surface area contributed by atoms with E-state index in [9.17, 15) is 4.79 Å². The van der Waals surface area contributed by atoms with Crippen LogP contribution in [0.15, 0.2) is 16.5 Å². The maximum Gasteiger partial charge on any atom is 0.371 e. The summed E-state index contributed by atoms with van der Waals surface area (Å²) in [6, 6.07) is 2.06. The summed E-state index contributed by atoms with van der Waals surface area (Å²) in [5.74, 6) is -1.05. The Balaban J connectivity index is 2.85. The second-order valence-electron chi connectivity index (χ2n) is 2.77. The number of carboxylic acid groups (broad SMARTS) is 1. The molecule has 0 aliphatic heterocycles. The lowest BCUT2D eigenvalue weighted by Gasteiger charge is -2.10. The van der Waals surface area contributed by atoms with Crippen molar-refractivity contribution in [2.45, 2.75) is 19.1 Å². The normalized spacial score (nSPS) is 15.3. The summed E-state index contributed by atoms with van der Waals surface area (Å²) in [4.78, 5) is 10.4. The van der Waals surface area contributed by atoms with Gasteiger partial charge in [-0.2, -0.15) is 0 Å². The van der Waals surface area contributed by atoms with Crippen molar-refractivity contribution >= 4 is 5.97 Å². The molecule has 0 spiro atoms. The van der Waals surface area contributed by atoms with Gasteiger partial charge in [0.2, 0.25) is 5.76 Å². The number of hydrogen-bond donors (Lipinski definition) is 3. The van der Waals surface area contributed by atoms with E-state index in [-0.39, 0.29) is 11.5 Å². The molecule has 0 bridgehead atoms. The molecule has 4 N–H and O–H groups in total. The summed E-state index contributed by atoms with van der Waals surface area (Å²) in [7, 11) is 0. The highest BCUT2D eigenvalue weighted by molar-refractivity contribution is 5.84. The molecule has 0 amide bonds. The van der Waals surface area contributed by atoms with Gasteiger partial charge in [-0.15, -0.1) is 0 Å². The van der Waals surface area contributed by atoms with Gasteiger partial charge < -0.3 is 20.4 Å². The molecule has 0 aliphatic rings. The molecule has 0 saturated heterocycles. The van der Waals surface area contributed by atoms with E-state index < -0.39 is 18.1 Å². The van der Waals surface area contributed by atoms with E-state index in [4.69, 9.17) is 20.4 Å². The molecule has 2 atom stereocenters. The van der Waals surface area contributed by atoms with E-state index in [2.05, 4.69) is 0 Å². The molecule has 0 aliphatic carbocycles. The standard InChI is InChI=1S/C8H11NO4/c1-4(10)7(9)5-2-3-6(13-5)8(11)12/h2-4,7,10H,9H2,1H3,(H,11,12). The van der Waals surface area contributed by atoms with E-state index in [0.29, 0.717) is 0 Å². The van der Waals surface area contributed by atoms with Crippen LogP contribution in [-0.4, -0.2) is 22.3 Å². The third-order valence-corrected chi connectivity index (χ3v) is 1.69. The summed E-state index contributed by atoms with van der Waals surface area (Å²) in [5, 5.41) is 17.6. The Morgan fingerprint density at radius 2 is 2.23 bits per heavy atom. The van der Waals surface area contributed by atoms with Crippen molar-refractivity contribution in [3.05, 3.63) is 23.7 Å². The van der Waals surface area contributed by atoms with Crippen LogP contribution in [0.4, 0.5) is 0 Å². The number of nitrogens with two attached hydrogens (primary N) is 1. The Morgan fingerprint density at radius 1 is 1.62 bits per heavy atom. The molecule has 13 heavy (non-hydrogen) atoms. The van der Waals surface area contributed by atoms with Crippen molar-refractivity contribution in [3.63, 3.8) is 0 Å². The number of furan rings is 1. The van der Waals surface area contributed by atoms with Gasteiger partial charge in [0.25, 0.3) is 0 Å². The fourth-order valence-corrected chi connectivity index (χ4v) is 0.885. The van der Waals surface area contributed by atoms with Gasteiger partial charge in [0.15, 0.2) is 0 Å². The second kappa shape index (κ2) is 3.59. The van der Waals surface area contributed by atoms with Gasteiger partial charge in [-0.1, -0.05) is 0 Å². The zero-order valence-electron chi connectivity index (χ0n) is 7.10. The highest BCUT2D eigenvalue weighted by atomic mass is 16.4. The largest absolute Gasteiger partial charge is 0.475 e. The van der Waals surface area contributed by atoms with Gasteiger partial charge in [-0.3, -0.25) is 0 Å². The molecular weight excluding hydrogens is 174 g/mol. The molecule has 5 heteroatoms. The third-order valence-electron chi connectivity index (χ3n) is 1.69. The fraction of sp³-hybridized carbons (Fsp3) is 0.375. The van der Waals surface area contributed by atoms with Crippen molar-refractivity contribution < 1.29 is 19.4 Å². The van der Waals surface area contributed by atoms with E-state index in [1.54, 1.807) is 0 Å². The molecule has 2 unspecified atom stereocenters. The van der Waals surface area contributed by atoms with Gasteiger partial charge in [0.1, 0.15) is 5.76 Å². The molecule has 0 radical (unpaired) electrons. The number of carbonyl (C=O) groups is 1. The summed E-state index contributed by atoms with van der Waals surface area (Å²) in [6.07, 6.45) is -0.771. The van der Waals surface area contributed by atoms with E-state index in [0.717, 1.165) is 0 Å². The van der Waals surface area contributed by atoms with Crippen molar-refractivity contribution in [2.24, 2.45) is 5.73 Å². The van der Waals surface area contributed by atoms with Crippen LogP contribution in [0.25, 0.3) is 0 Å². The van der Waals surface area contributed by atoms with Crippen LogP contribution in [0.2, 0.25) is 0 Å². The van der Waals surface area contributed by atoms with Crippen LogP contribution < -0.4 is 5.73 Å². The lowest BCUT2D eigenvalue weighted by atomic mass is 10.1. The zero-order chi connectivity index (χ0) is 10.0. The van der Waals surface area contributed by atoms with Gasteiger partial charge >= 0.3 is 5.97 Å². The highest BCUT2D eigenvalue weighted by Crippen LogP contribution is 2.17. The fourth-order valence-electron chi connectivity index (χ4n) is 0.885. The molecule has 1 rings (SSSR count). The maximum atomic E-state index is 10.4. The number of aliphatic hydroxyl groups is 1. The van der Waals surface area contributed by atoms with Gasteiger partial charge in [-0.05, 0) is 19.1 Å². The average Bonchev–Trinajstić information content (AvgIpc) is 2.50. The first-order chi connectivity index (χ1) is 6.02. The summed E-state index contributed by atoms with van der Waals surface area (Å²) < 4.78 is 4.88. The highest BCUT2D eigenvalue weighted by Gasteiger charge is 2.17. The Morgan fingerprint density at radius 3 is 2.62 bits per heavy atom. The molecular formula is C8H11NO4. The van der Waals surface area contributed by atoms with Crippen LogP contribution in [0.5, 0.6) is 0 Å². The SMILES string of the molecule is CC(O)C(N)c1ccc(C(=O)O)o1. The Hall–Kier alpha value is -1.33. The maximum absolute atomic E-state index is 10.4. The monoisotopic (exact) mass is 185 g/mol. The molecule has 0 fully saturated rings. The van der Waals surface area contributed by atoms with E-state index in [1.807, 2.05) is 0 Å². The minimum absolute atomic E-state index is 0.175. The van der Waals surface area contributed by atoms with Crippen LogP contribution in [0.3, 0.4) is 0 Å². The van der Waals surface area contributed by atoms with Gasteiger partial charge in [-0.25, -0.2) is 4.79 Å². The number of rotatable bonds is 3. The van der Waals surface area contributed by atoms with Crippen LogP contribution in [-0.2, 0) is 0 Å². The van der Waals surface area contributed by atoms with Crippen LogP contribution >= 0.6 is 0 Å². The van der Waals surface area contributed by atoms with Gasteiger partial charge in [0.05, 0.1) is 12.1 Å². The van der Waals surface area contributed by atoms with Crippen molar-refractivity contribution in [1.82, 2.24) is 0 Å². The zero-order valence-corrected chi connectivity index (χ0v) is 7.10. The predicted octanol–water partition coefficient (Wildman–Crippen LogP) is 0.358. The number of hydrogen-bond acceptors (Lipinski definition) is 4. The molecule has 5 nitrogen and oxygen atoms in total. The van der Waals surface area contributed by atoms with Crippen molar-refractivity contribution in [1.29, 1.82) is 0 Å². The first-order valence-electron chi connectivity index (χ1n) is 3.79. The molecule has 1 aromatic heterocycles. The third kappa shape index (κ3) is 2.07. The first-order valence-corrected chi connectivity index (χ1v) is 3.79. The number of carboxylic acids is 1. The second-order valence-corrected chi connectivity index (χ2v) is 2.77. The topological polar surface area (TPSA) is 96.7 Å². The first kappa shape index (κ1) is 9.76. The van der Waals surface area contributed by atoms with E-state index >= 15 is 0 Å². The Labute approximate surface area is 74.8 Å². The Bertz CT molecular complexity index is 305. The lowest BCUT2D eigenvalue weighted by Crippen LogP contribution is -2.22. The quantitative estimate of drug-likeness (QED) is 0.631. The van der Waals surface area contributed by atoms with Crippen molar-refractivity contribution in [2.75, 3.05) is 0 Å². The van der Waals surface area contributed by atoms with Crippen molar-refractivity contribution in [3.8, 4) is 0 Å². The minimum Gasteiger partial charge on any atom is -0.475 e. The van der Waals surface area contributed by atoms with E-state index in [1.165, 1.54) is 19.1 Å². The Kier molecular flexibility index (Phi) is 2.69. The molecule has 0 saturated carbocycles. The average molecular weight is 185 g/mol. The van der Waals surface area contributed by atoms with Gasteiger partial charge in [0, 0.05) is 0 Å².